The van der Waals surface area contributed by atoms with Gasteiger partial charge in [-0.25, -0.2) is 9.89 Å². The highest BCUT2D eigenvalue weighted by atomic mass is 32.2. The van der Waals surface area contributed by atoms with Gasteiger partial charge in [0.1, 0.15) is 0 Å². The molecular weight excluding hydrogens is 272 g/mol. The molecule has 0 radical (unpaired) electrons. The molecule has 2 aromatic rings. The third-order valence-corrected chi connectivity index (χ3v) is 4.09. The van der Waals surface area contributed by atoms with E-state index in [-0.39, 0.29) is 11.7 Å². The predicted molar refractivity (Wildman–Crippen MR) is 81.3 cm³/mol. The second kappa shape index (κ2) is 6.28. The van der Waals surface area contributed by atoms with Crippen LogP contribution in [0.4, 0.5) is 0 Å². The predicted octanol–water partition coefficient (Wildman–Crippen LogP) is 2.11. The summed E-state index contributed by atoms with van der Waals surface area (Å²) < 4.78 is 1.66. The molecule has 6 heteroatoms. The maximum atomic E-state index is 11.7. The van der Waals surface area contributed by atoms with Gasteiger partial charge in [0.15, 0.2) is 5.16 Å². The van der Waals surface area contributed by atoms with Crippen LogP contribution in [0.15, 0.2) is 33.0 Å². The molecule has 3 N–H and O–H groups in total. The lowest BCUT2D eigenvalue weighted by Gasteiger charge is -2.10. The first-order valence-corrected chi connectivity index (χ1v) is 7.49. The van der Waals surface area contributed by atoms with Crippen LogP contribution in [0.3, 0.4) is 0 Å². The van der Waals surface area contributed by atoms with Gasteiger partial charge in [0, 0.05) is 10.9 Å². The van der Waals surface area contributed by atoms with Crippen LogP contribution in [0.5, 0.6) is 0 Å². The number of aromatic amines is 1. The molecule has 1 aromatic heterocycles. The van der Waals surface area contributed by atoms with Crippen molar-refractivity contribution < 1.29 is 0 Å². The van der Waals surface area contributed by atoms with Gasteiger partial charge in [0.2, 0.25) is 0 Å². The number of H-pyrrole nitrogens is 1. The molecule has 0 saturated heterocycles. The SMILES string of the molecule is Cc1cc(Sc2n[nH]c(=O)n2C(C)C)ccc1CCN. The summed E-state index contributed by atoms with van der Waals surface area (Å²) in [6.45, 7) is 6.67. The Labute approximate surface area is 122 Å². The van der Waals surface area contributed by atoms with Crippen LogP contribution in [0.1, 0.15) is 31.0 Å². The van der Waals surface area contributed by atoms with Crippen LogP contribution in [0.25, 0.3) is 0 Å². The Bertz CT molecular complexity index is 645. The van der Waals surface area contributed by atoms with E-state index in [0.29, 0.717) is 11.7 Å². The molecule has 1 aromatic carbocycles. The molecule has 0 aliphatic carbocycles. The van der Waals surface area contributed by atoms with Crippen molar-refractivity contribution in [3.8, 4) is 0 Å². The summed E-state index contributed by atoms with van der Waals surface area (Å²) in [7, 11) is 0. The molecule has 0 bridgehead atoms. The minimum Gasteiger partial charge on any atom is -0.330 e. The second-order valence-electron chi connectivity index (χ2n) is 5.00. The highest BCUT2D eigenvalue weighted by Crippen LogP contribution is 2.28. The summed E-state index contributed by atoms with van der Waals surface area (Å²) in [6, 6.07) is 6.34. The normalized spacial score (nSPS) is 11.2. The van der Waals surface area contributed by atoms with Gasteiger partial charge < -0.3 is 5.73 Å². The highest BCUT2D eigenvalue weighted by Gasteiger charge is 2.13. The fourth-order valence-corrected chi connectivity index (χ4v) is 3.16. The largest absolute Gasteiger partial charge is 0.344 e. The van der Waals surface area contributed by atoms with Crippen molar-refractivity contribution >= 4 is 11.8 Å². The van der Waals surface area contributed by atoms with E-state index in [9.17, 15) is 4.79 Å². The topological polar surface area (TPSA) is 76.7 Å². The van der Waals surface area contributed by atoms with Gasteiger partial charge in [-0.1, -0.05) is 6.07 Å². The third kappa shape index (κ3) is 3.13. The molecule has 0 unspecified atom stereocenters. The summed E-state index contributed by atoms with van der Waals surface area (Å²) in [5.41, 5.74) is 7.90. The maximum absolute atomic E-state index is 11.7. The zero-order valence-corrected chi connectivity index (χ0v) is 12.8. The van der Waals surface area contributed by atoms with Crippen molar-refractivity contribution in [3.63, 3.8) is 0 Å². The number of rotatable bonds is 5. The number of nitrogens with two attached hydrogens (primary N) is 1. The van der Waals surface area contributed by atoms with E-state index in [1.54, 1.807) is 4.57 Å². The van der Waals surface area contributed by atoms with Gasteiger partial charge in [0.05, 0.1) is 0 Å². The molecule has 108 valence electrons. The molecular formula is C14H20N4OS. The van der Waals surface area contributed by atoms with Crippen molar-refractivity contribution in [2.24, 2.45) is 5.73 Å². The fourth-order valence-electron chi connectivity index (χ4n) is 2.09. The molecule has 0 atom stereocenters. The quantitative estimate of drug-likeness (QED) is 0.885. The molecule has 20 heavy (non-hydrogen) atoms. The van der Waals surface area contributed by atoms with E-state index in [4.69, 9.17) is 5.73 Å². The van der Waals surface area contributed by atoms with E-state index in [1.807, 2.05) is 19.9 Å². The number of aromatic nitrogens is 3. The van der Waals surface area contributed by atoms with Crippen molar-refractivity contribution in [2.45, 2.75) is 43.3 Å². The van der Waals surface area contributed by atoms with Gasteiger partial charge in [0.25, 0.3) is 0 Å². The Morgan fingerprint density at radius 1 is 1.45 bits per heavy atom. The number of nitrogens with one attached hydrogen (secondary N) is 1. The third-order valence-electron chi connectivity index (χ3n) is 3.13. The van der Waals surface area contributed by atoms with Crippen LogP contribution in [0, 0.1) is 6.92 Å². The summed E-state index contributed by atoms with van der Waals surface area (Å²) in [5, 5.41) is 7.28. The highest BCUT2D eigenvalue weighted by molar-refractivity contribution is 7.99. The van der Waals surface area contributed by atoms with Crippen molar-refractivity contribution in [2.75, 3.05) is 6.54 Å². The first kappa shape index (κ1) is 14.9. The number of hydrogen-bond donors (Lipinski definition) is 2. The Morgan fingerprint density at radius 3 is 2.80 bits per heavy atom. The van der Waals surface area contributed by atoms with Crippen LogP contribution in [0.2, 0.25) is 0 Å². The summed E-state index contributed by atoms with van der Waals surface area (Å²) >= 11 is 1.49. The summed E-state index contributed by atoms with van der Waals surface area (Å²) in [4.78, 5) is 12.8. The molecule has 2 rings (SSSR count). The first-order valence-electron chi connectivity index (χ1n) is 6.67. The zero-order chi connectivity index (χ0) is 14.7. The molecule has 0 spiro atoms. The van der Waals surface area contributed by atoms with Crippen LogP contribution in [-0.2, 0) is 6.42 Å². The number of aryl methyl sites for hydroxylation is 1. The van der Waals surface area contributed by atoms with E-state index < -0.39 is 0 Å². The Kier molecular flexibility index (Phi) is 4.67. The minimum absolute atomic E-state index is 0.0846. The van der Waals surface area contributed by atoms with E-state index in [1.165, 1.54) is 22.9 Å². The summed E-state index contributed by atoms with van der Waals surface area (Å²) in [5.74, 6) is 0. The number of nitrogens with zero attached hydrogens (tertiary/aromatic N) is 2. The lowest BCUT2D eigenvalue weighted by molar-refractivity contribution is 0.534. The lowest BCUT2D eigenvalue weighted by atomic mass is 10.1. The van der Waals surface area contributed by atoms with E-state index in [0.717, 1.165) is 11.3 Å². The van der Waals surface area contributed by atoms with Gasteiger partial charge in [-0.15, -0.1) is 5.10 Å². The smallest absolute Gasteiger partial charge is 0.330 e. The molecule has 5 nitrogen and oxygen atoms in total. The Balaban J connectivity index is 2.27. The first-order chi connectivity index (χ1) is 9.52. The van der Waals surface area contributed by atoms with Crippen LogP contribution >= 0.6 is 11.8 Å². The van der Waals surface area contributed by atoms with Crippen molar-refractivity contribution in [1.29, 1.82) is 0 Å². The Morgan fingerprint density at radius 2 is 2.20 bits per heavy atom. The van der Waals surface area contributed by atoms with Gasteiger partial charge in [-0.2, -0.15) is 0 Å². The number of hydrogen-bond acceptors (Lipinski definition) is 4. The second-order valence-corrected chi connectivity index (χ2v) is 6.04. The molecule has 1 heterocycles. The van der Waals surface area contributed by atoms with Crippen molar-refractivity contribution in [1.82, 2.24) is 14.8 Å². The molecule has 0 saturated carbocycles. The average Bonchev–Trinajstić information content (AvgIpc) is 2.74. The van der Waals surface area contributed by atoms with E-state index >= 15 is 0 Å². The zero-order valence-electron chi connectivity index (χ0n) is 12.0. The summed E-state index contributed by atoms with van der Waals surface area (Å²) in [6.07, 6.45) is 0.885. The maximum Gasteiger partial charge on any atom is 0.344 e. The van der Waals surface area contributed by atoms with E-state index in [2.05, 4.69) is 29.3 Å². The lowest BCUT2D eigenvalue weighted by Crippen LogP contribution is -2.19. The molecule has 0 aliphatic heterocycles. The standard InChI is InChI=1S/C14H20N4OS/c1-9(2)18-13(19)16-17-14(18)20-12-5-4-11(6-7-15)10(3)8-12/h4-5,8-9H,6-7,15H2,1-3H3,(H,16,19). The molecule has 0 fully saturated rings. The average molecular weight is 292 g/mol. The monoisotopic (exact) mass is 292 g/mol. The van der Waals surface area contributed by atoms with Crippen LogP contribution in [-0.4, -0.2) is 21.3 Å². The van der Waals surface area contributed by atoms with Crippen LogP contribution < -0.4 is 11.4 Å². The van der Waals surface area contributed by atoms with Gasteiger partial charge >= 0.3 is 5.69 Å². The minimum atomic E-state index is -0.168. The molecule has 0 aliphatic rings. The fraction of sp³-hybridized carbons (Fsp3) is 0.429. The molecule has 0 amide bonds. The van der Waals surface area contributed by atoms with Gasteiger partial charge in [-0.05, 0) is 68.8 Å². The Hall–Kier alpha value is -1.53. The van der Waals surface area contributed by atoms with Gasteiger partial charge in [-0.3, -0.25) is 4.57 Å². The van der Waals surface area contributed by atoms with Crippen molar-refractivity contribution in [3.05, 3.63) is 39.8 Å². The number of benzene rings is 1.